The Balaban J connectivity index is 3.58. The third-order valence-corrected chi connectivity index (χ3v) is 1.95. The van der Waals surface area contributed by atoms with Gasteiger partial charge in [-0.25, -0.2) is 0 Å². The molecule has 0 spiro atoms. The van der Waals surface area contributed by atoms with Gasteiger partial charge in [-0.15, -0.1) is 0 Å². The molecule has 0 radical (unpaired) electrons. The van der Waals surface area contributed by atoms with Crippen molar-refractivity contribution in [2.24, 2.45) is 0 Å². The van der Waals surface area contributed by atoms with Crippen molar-refractivity contribution in [1.29, 1.82) is 0 Å². The number of nitro groups is 1. The van der Waals surface area contributed by atoms with Crippen LogP contribution >= 0.6 is 0 Å². The van der Waals surface area contributed by atoms with E-state index in [9.17, 15) is 14.9 Å². The lowest BCUT2D eigenvalue weighted by Gasteiger charge is -2.04. The minimum atomic E-state index is -0.581. The molecule has 5 heteroatoms. The van der Waals surface area contributed by atoms with Crippen LogP contribution < -0.4 is 5.73 Å². The van der Waals surface area contributed by atoms with Crippen LogP contribution in [0.3, 0.4) is 0 Å². The van der Waals surface area contributed by atoms with Crippen LogP contribution in [0.1, 0.15) is 22.8 Å². The third-order valence-electron chi connectivity index (χ3n) is 1.95. The minimum absolute atomic E-state index is 0.00463. The number of benzene rings is 1. The van der Waals surface area contributed by atoms with Gasteiger partial charge in [0.25, 0.3) is 5.69 Å². The second-order valence-electron chi connectivity index (χ2n) is 3.01. The summed E-state index contributed by atoms with van der Waals surface area (Å²) in [4.78, 5) is 21.3. The molecule has 1 aromatic carbocycles. The van der Waals surface area contributed by atoms with Crippen LogP contribution in [0.2, 0.25) is 0 Å². The molecule has 2 N–H and O–H groups in total. The van der Waals surface area contributed by atoms with Gasteiger partial charge < -0.3 is 5.73 Å². The molecule has 0 bridgehead atoms. The van der Waals surface area contributed by atoms with E-state index in [0.29, 0.717) is 5.56 Å². The lowest BCUT2D eigenvalue weighted by molar-refractivity contribution is -0.385. The smallest absolute Gasteiger partial charge is 0.285 e. The SMILES string of the molecule is CC(=O)c1c(N)ccc(C)c1[N+](=O)[O-]. The Hall–Kier alpha value is -1.91. The minimum Gasteiger partial charge on any atom is -0.398 e. The number of nitrogens with two attached hydrogens (primary N) is 1. The zero-order valence-corrected chi connectivity index (χ0v) is 7.90. The summed E-state index contributed by atoms with van der Waals surface area (Å²) in [6.07, 6.45) is 0. The van der Waals surface area contributed by atoms with E-state index in [1.54, 1.807) is 6.92 Å². The Bertz CT molecular complexity index is 374. The molecule has 0 aliphatic carbocycles. The summed E-state index contributed by atoms with van der Waals surface area (Å²) >= 11 is 0. The first-order valence-electron chi connectivity index (χ1n) is 3.99. The molecule has 0 fully saturated rings. The highest BCUT2D eigenvalue weighted by molar-refractivity contribution is 6.03. The number of nitrogen functional groups attached to an aromatic ring is 1. The van der Waals surface area contributed by atoms with Crippen molar-refractivity contribution in [2.75, 3.05) is 5.73 Å². The molecular formula is C9H10N2O3. The number of carbonyl (C=O) groups is 1. The maximum Gasteiger partial charge on any atom is 0.285 e. The average Bonchev–Trinajstić information content (AvgIpc) is 2.07. The highest BCUT2D eigenvalue weighted by Crippen LogP contribution is 2.28. The number of hydrogen-bond acceptors (Lipinski definition) is 4. The van der Waals surface area contributed by atoms with Crippen molar-refractivity contribution in [3.05, 3.63) is 33.4 Å². The van der Waals surface area contributed by atoms with Crippen molar-refractivity contribution in [3.63, 3.8) is 0 Å². The van der Waals surface area contributed by atoms with Crippen LogP contribution in [0.5, 0.6) is 0 Å². The van der Waals surface area contributed by atoms with Gasteiger partial charge in [0.1, 0.15) is 5.56 Å². The second-order valence-corrected chi connectivity index (χ2v) is 3.01. The summed E-state index contributed by atoms with van der Waals surface area (Å²) in [5.74, 6) is -0.391. The van der Waals surface area contributed by atoms with E-state index in [0.717, 1.165) is 0 Å². The van der Waals surface area contributed by atoms with Gasteiger partial charge in [0, 0.05) is 11.3 Å². The number of hydrogen-bond donors (Lipinski definition) is 1. The molecule has 0 aliphatic heterocycles. The maximum atomic E-state index is 11.2. The fraction of sp³-hybridized carbons (Fsp3) is 0.222. The lowest BCUT2D eigenvalue weighted by atomic mass is 10.0. The van der Waals surface area contributed by atoms with Crippen LogP contribution in [0, 0.1) is 17.0 Å². The normalized spacial score (nSPS) is 9.86. The van der Waals surface area contributed by atoms with Crippen LogP contribution in [-0.4, -0.2) is 10.7 Å². The molecule has 0 amide bonds. The van der Waals surface area contributed by atoms with Crippen LogP contribution in [0.4, 0.5) is 11.4 Å². The van der Waals surface area contributed by atoms with Gasteiger partial charge in [-0.1, -0.05) is 6.07 Å². The number of rotatable bonds is 2. The molecule has 1 rings (SSSR count). The van der Waals surface area contributed by atoms with Crippen LogP contribution in [0.15, 0.2) is 12.1 Å². The Labute approximate surface area is 80.7 Å². The maximum absolute atomic E-state index is 11.2. The first-order chi connectivity index (χ1) is 6.45. The summed E-state index contributed by atoms with van der Waals surface area (Å²) in [6, 6.07) is 3.03. The average molecular weight is 194 g/mol. The van der Waals surface area contributed by atoms with Crippen LogP contribution in [0.25, 0.3) is 0 Å². The number of nitro benzene ring substituents is 1. The quantitative estimate of drug-likeness (QED) is 0.336. The molecule has 1 aromatic rings. The molecule has 5 nitrogen and oxygen atoms in total. The van der Waals surface area contributed by atoms with Gasteiger partial charge in [0.2, 0.25) is 0 Å². The lowest BCUT2D eigenvalue weighted by Crippen LogP contribution is -2.06. The Morgan fingerprint density at radius 2 is 2.07 bits per heavy atom. The van der Waals surface area contributed by atoms with E-state index in [1.165, 1.54) is 19.1 Å². The molecule has 0 unspecified atom stereocenters. The largest absolute Gasteiger partial charge is 0.398 e. The first kappa shape index (κ1) is 10.2. The van der Waals surface area contributed by atoms with Crippen LogP contribution in [-0.2, 0) is 0 Å². The number of ketones is 1. The van der Waals surface area contributed by atoms with Gasteiger partial charge in [-0.2, -0.15) is 0 Å². The van der Waals surface area contributed by atoms with Crippen molar-refractivity contribution in [1.82, 2.24) is 0 Å². The number of anilines is 1. The summed E-state index contributed by atoms with van der Waals surface area (Å²) in [6.45, 7) is 2.84. The van der Waals surface area contributed by atoms with E-state index in [4.69, 9.17) is 5.73 Å². The van der Waals surface area contributed by atoms with E-state index in [-0.39, 0.29) is 16.9 Å². The molecule has 0 aromatic heterocycles. The predicted octanol–water partition coefficient (Wildman–Crippen LogP) is 1.69. The van der Waals surface area contributed by atoms with Gasteiger partial charge in [0.05, 0.1) is 4.92 Å². The third kappa shape index (κ3) is 1.56. The highest BCUT2D eigenvalue weighted by Gasteiger charge is 2.22. The second kappa shape index (κ2) is 3.45. The summed E-state index contributed by atoms with van der Waals surface area (Å²) in [5.41, 5.74) is 5.89. The summed E-state index contributed by atoms with van der Waals surface area (Å²) < 4.78 is 0. The zero-order valence-electron chi connectivity index (χ0n) is 7.90. The fourth-order valence-electron chi connectivity index (χ4n) is 1.32. The number of nitrogens with zero attached hydrogens (tertiary/aromatic N) is 1. The van der Waals surface area contributed by atoms with Gasteiger partial charge >= 0.3 is 0 Å². The molecular weight excluding hydrogens is 184 g/mol. The summed E-state index contributed by atoms with van der Waals surface area (Å²) in [7, 11) is 0. The van der Waals surface area contributed by atoms with Gasteiger partial charge in [-0.3, -0.25) is 14.9 Å². The van der Waals surface area contributed by atoms with E-state index < -0.39 is 10.7 Å². The Morgan fingerprint density at radius 3 is 2.43 bits per heavy atom. The molecule has 0 heterocycles. The molecule has 74 valence electrons. The van der Waals surface area contributed by atoms with Crippen molar-refractivity contribution in [2.45, 2.75) is 13.8 Å². The van der Waals surface area contributed by atoms with E-state index >= 15 is 0 Å². The van der Waals surface area contributed by atoms with Crippen molar-refractivity contribution >= 4 is 17.2 Å². The Kier molecular flexibility index (Phi) is 2.51. The molecule has 0 atom stereocenters. The molecule has 0 saturated carbocycles. The first-order valence-corrected chi connectivity index (χ1v) is 3.99. The zero-order chi connectivity index (χ0) is 10.9. The number of Topliss-reactive ketones (excluding diaryl/α,β-unsaturated/α-hetero) is 1. The number of carbonyl (C=O) groups excluding carboxylic acids is 1. The Morgan fingerprint density at radius 1 is 1.50 bits per heavy atom. The van der Waals surface area contributed by atoms with Crippen molar-refractivity contribution in [3.8, 4) is 0 Å². The number of aryl methyl sites for hydroxylation is 1. The standard InChI is InChI=1S/C9H10N2O3/c1-5-3-4-7(10)8(6(2)12)9(5)11(13)14/h3-4H,10H2,1-2H3. The molecule has 0 aliphatic rings. The topological polar surface area (TPSA) is 86.2 Å². The molecule has 0 saturated heterocycles. The summed E-state index contributed by atoms with van der Waals surface area (Å²) in [5, 5.41) is 10.7. The predicted molar refractivity (Wildman–Crippen MR) is 52.3 cm³/mol. The van der Waals surface area contributed by atoms with Crippen molar-refractivity contribution < 1.29 is 9.72 Å². The highest BCUT2D eigenvalue weighted by atomic mass is 16.6. The van der Waals surface area contributed by atoms with Gasteiger partial charge in [-0.05, 0) is 19.9 Å². The monoisotopic (exact) mass is 194 g/mol. The molecule has 14 heavy (non-hydrogen) atoms. The van der Waals surface area contributed by atoms with Gasteiger partial charge in [0.15, 0.2) is 5.78 Å². The van der Waals surface area contributed by atoms with E-state index in [2.05, 4.69) is 0 Å². The van der Waals surface area contributed by atoms with E-state index in [1.807, 2.05) is 0 Å². The fourth-order valence-corrected chi connectivity index (χ4v) is 1.32.